The number of ether oxygens (including phenoxy) is 1. The Hall–Kier alpha value is -2.74. The molecular weight excluding hydrogens is 320 g/mol. The van der Waals surface area contributed by atoms with Crippen molar-refractivity contribution in [2.75, 3.05) is 13.2 Å². The van der Waals surface area contributed by atoms with Crippen LogP contribution in [-0.4, -0.2) is 49.9 Å². The van der Waals surface area contributed by atoms with Gasteiger partial charge in [-0.25, -0.2) is 9.97 Å². The van der Waals surface area contributed by atoms with Crippen LogP contribution in [-0.2, 0) is 9.53 Å². The van der Waals surface area contributed by atoms with Crippen LogP contribution in [0.2, 0.25) is 0 Å². The standard InChI is InChI=1S/C17H20N6O2.2H2/c1-11(17(24)19-8-13-3-2-6-25-13)23-9-12(7-22-23)15-14-4-5-18-16(14)21-10-20-15;;/h4-5,7,9-11,13H,2-3,6,8H2,1H3,(H,19,24)(H,18,20,21);2*1H. The van der Waals surface area contributed by atoms with E-state index in [0.29, 0.717) is 6.54 Å². The van der Waals surface area contributed by atoms with Gasteiger partial charge in [0.2, 0.25) is 5.91 Å². The first-order valence-electron chi connectivity index (χ1n) is 8.44. The lowest BCUT2D eigenvalue weighted by molar-refractivity contribution is -0.124. The minimum Gasteiger partial charge on any atom is -0.376 e. The molecule has 1 saturated heterocycles. The van der Waals surface area contributed by atoms with E-state index in [0.717, 1.165) is 41.7 Å². The Morgan fingerprint density at radius 2 is 2.48 bits per heavy atom. The largest absolute Gasteiger partial charge is 0.376 e. The smallest absolute Gasteiger partial charge is 0.244 e. The number of aromatic nitrogens is 5. The van der Waals surface area contributed by atoms with Crippen molar-refractivity contribution in [3.8, 4) is 11.3 Å². The Labute approximate surface area is 147 Å². The van der Waals surface area contributed by atoms with E-state index in [4.69, 9.17) is 4.74 Å². The summed E-state index contributed by atoms with van der Waals surface area (Å²) in [6.45, 7) is 3.16. The van der Waals surface area contributed by atoms with Crippen LogP contribution in [0.3, 0.4) is 0 Å². The van der Waals surface area contributed by atoms with Gasteiger partial charge < -0.3 is 15.0 Å². The molecule has 0 spiro atoms. The Morgan fingerprint density at radius 3 is 3.32 bits per heavy atom. The highest BCUT2D eigenvalue weighted by atomic mass is 16.5. The van der Waals surface area contributed by atoms with Crippen LogP contribution in [0, 0.1) is 0 Å². The average molecular weight is 344 g/mol. The number of hydrogen-bond acceptors (Lipinski definition) is 5. The van der Waals surface area contributed by atoms with E-state index in [9.17, 15) is 4.79 Å². The predicted octanol–water partition coefficient (Wildman–Crippen LogP) is 2.17. The molecule has 134 valence electrons. The molecule has 0 aromatic carbocycles. The van der Waals surface area contributed by atoms with E-state index < -0.39 is 6.04 Å². The Morgan fingerprint density at radius 1 is 1.56 bits per heavy atom. The maximum absolute atomic E-state index is 12.4. The van der Waals surface area contributed by atoms with Crippen molar-refractivity contribution in [1.29, 1.82) is 0 Å². The molecule has 2 atom stereocenters. The number of amides is 1. The highest BCUT2D eigenvalue weighted by Gasteiger charge is 2.20. The molecular formula is C17H24N6O2. The fourth-order valence-electron chi connectivity index (χ4n) is 3.06. The van der Waals surface area contributed by atoms with Crippen LogP contribution < -0.4 is 5.32 Å². The number of nitrogens with one attached hydrogen (secondary N) is 2. The minimum atomic E-state index is -0.404. The third-order valence-electron chi connectivity index (χ3n) is 4.53. The molecule has 1 amide bonds. The fourth-order valence-corrected chi connectivity index (χ4v) is 3.06. The van der Waals surface area contributed by atoms with Gasteiger partial charge in [0.15, 0.2) is 0 Å². The SMILES string of the molecule is CC(C(=O)NCC1CCCO1)n1cc(-c2ncnc3[nH]ccc23)cn1.[HH].[HH]. The first-order valence-corrected chi connectivity index (χ1v) is 8.44. The zero-order valence-electron chi connectivity index (χ0n) is 14.0. The van der Waals surface area contributed by atoms with Gasteiger partial charge in [-0.3, -0.25) is 9.48 Å². The second-order valence-corrected chi connectivity index (χ2v) is 6.23. The Bertz CT molecular complexity index is 890. The lowest BCUT2D eigenvalue weighted by Crippen LogP contribution is -2.36. The lowest BCUT2D eigenvalue weighted by Gasteiger charge is -2.15. The molecule has 0 aliphatic carbocycles. The van der Waals surface area contributed by atoms with E-state index in [-0.39, 0.29) is 14.9 Å². The van der Waals surface area contributed by atoms with Crippen molar-refractivity contribution >= 4 is 16.9 Å². The highest BCUT2D eigenvalue weighted by Crippen LogP contribution is 2.24. The van der Waals surface area contributed by atoms with E-state index in [1.54, 1.807) is 10.9 Å². The number of hydrogen-bond donors (Lipinski definition) is 2. The number of nitrogens with zero attached hydrogens (tertiary/aromatic N) is 4. The molecule has 1 fully saturated rings. The molecule has 1 aliphatic heterocycles. The van der Waals surface area contributed by atoms with Gasteiger partial charge in [0, 0.05) is 39.3 Å². The first-order chi connectivity index (χ1) is 12.2. The molecule has 3 aromatic heterocycles. The number of carbonyl (C=O) groups is 1. The summed E-state index contributed by atoms with van der Waals surface area (Å²) >= 11 is 0. The minimum absolute atomic E-state index is 0. The van der Waals surface area contributed by atoms with E-state index in [1.807, 2.05) is 25.4 Å². The van der Waals surface area contributed by atoms with Gasteiger partial charge in [-0.2, -0.15) is 5.10 Å². The molecule has 8 heteroatoms. The van der Waals surface area contributed by atoms with Gasteiger partial charge in [-0.1, -0.05) is 0 Å². The Balaban J connectivity index is 0.00000131. The van der Waals surface area contributed by atoms with Gasteiger partial charge in [0.1, 0.15) is 18.0 Å². The van der Waals surface area contributed by atoms with Gasteiger partial charge in [-0.15, -0.1) is 0 Å². The van der Waals surface area contributed by atoms with Crippen LogP contribution in [0.15, 0.2) is 31.0 Å². The number of H-pyrrole nitrogens is 1. The summed E-state index contributed by atoms with van der Waals surface area (Å²) in [4.78, 5) is 24.0. The summed E-state index contributed by atoms with van der Waals surface area (Å²) in [6, 6.07) is 1.53. The molecule has 2 unspecified atom stereocenters. The normalized spacial score (nSPS) is 18.5. The van der Waals surface area contributed by atoms with Crippen LogP contribution >= 0.6 is 0 Å². The Kier molecular flexibility index (Phi) is 4.19. The molecule has 25 heavy (non-hydrogen) atoms. The average Bonchev–Trinajstić information content (AvgIpc) is 3.39. The van der Waals surface area contributed by atoms with Gasteiger partial charge >= 0.3 is 0 Å². The van der Waals surface area contributed by atoms with E-state index in [2.05, 4.69) is 25.4 Å². The van der Waals surface area contributed by atoms with Crippen LogP contribution in [0.25, 0.3) is 22.3 Å². The summed E-state index contributed by atoms with van der Waals surface area (Å²) in [6.07, 6.45) is 9.10. The summed E-state index contributed by atoms with van der Waals surface area (Å²) in [5, 5.41) is 8.21. The second-order valence-electron chi connectivity index (χ2n) is 6.23. The summed E-state index contributed by atoms with van der Waals surface area (Å²) in [5.74, 6) is -0.0698. The van der Waals surface area contributed by atoms with Crippen molar-refractivity contribution < 1.29 is 12.4 Å². The summed E-state index contributed by atoms with van der Waals surface area (Å²) in [5.41, 5.74) is 2.43. The number of rotatable bonds is 5. The molecule has 8 nitrogen and oxygen atoms in total. The first kappa shape index (κ1) is 15.8. The van der Waals surface area contributed by atoms with Gasteiger partial charge in [0.05, 0.1) is 18.0 Å². The molecule has 0 radical (unpaired) electrons. The lowest BCUT2D eigenvalue weighted by atomic mass is 10.2. The molecule has 2 N–H and O–H groups in total. The highest BCUT2D eigenvalue weighted by molar-refractivity contribution is 5.90. The zero-order valence-corrected chi connectivity index (χ0v) is 14.0. The third kappa shape index (κ3) is 3.12. The number of fused-ring (bicyclic) bond motifs is 1. The molecule has 0 bridgehead atoms. The molecule has 1 aliphatic rings. The number of aromatic amines is 1. The van der Waals surface area contributed by atoms with E-state index in [1.165, 1.54) is 6.33 Å². The van der Waals surface area contributed by atoms with Gasteiger partial charge in [-0.05, 0) is 25.8 Å². The molecule has 4 heterocycles. The van der Waals surface area contributed by atoms with Crippen molar-refractivity contribution in [2.24, 2.45) is 0 Å². The van der Waals surface area contributed by atoms with Crippen LogP contribution in [0.5, 0.6) is 0 Å². The maximum atomic E-state index is 12.4. The maximum Gasteiger partial charge on any atom is 0.244 e. The van der Waals surface area contributed by atoms with Crippen molar-refractivity contribution in [3.63, 3.8) is 0 Å². The van der Waals surface area contributed by atoms with Crippen LogP contribution in [0.1, 0.15) is 28.7 Å². The molecule has 0 saturated carbocycles. The third-order valence-corrected chi connectivity index (χ3v) is 4.53. The molecule has 4 rings (SSSR count). The second kappa shape index (κ2) is 6.64. The fraction of sp³-hybridized carbons (Fsp3) is 0.412. The summed E-state index contributed by atoms with van der Waals surface area (Å²) < 4.78 is 7.18. The van der Waals surface area contributed by atoms with Gasteiger partial charge in [0.25, 0.3) is 0 Å². The van der Waals surface area contributed by atoms with Crippen LogP contribution in [0.4, 0.5) is 0 Å². The van der Waals surface area contributed by atoms with Crippen molar-refractivity contribution in [1.82, 2.24) is 30.0 Å². The zero-order chi connectivity index (χ0) is 17.2. The van der Waals surface area contributed by atoms with Crippen molar-refractivity contribution in [3.05, 3.63) is 31.0 Å². The number of carbonyl (C=O) groups excluding carboxylic acids is 1. The summed E-state index contributed by atoms with van der Waals surface area (Å²) in [7, 11) is 0. The monoisotopic (exact) mass is 344 g/mol. The quantitative estimate of drug-likeness (QED) is 0.739. The van der Waals surface area contributed by atoms with E-state index >= 15 is 0 Å². The van der Waals surface area contributed by atoms with Crippen molar-refractivity contribution in [2.45, 2.75) is 31.9 Å². The predicted molar refractivity (Wildman–Crippen MR) is 96.0 cm³/mol. The molecule has 3 aromatic rings. The topological polar surface area (TPSA) is 97.7 Å².